The molecule has 0 saturated carbocycles. The fourth-order valence-electron chi connectivity index (χ4n) is 1.15. The van der Waals surface area contributed by atoms with Crippen molar-refractivity contribution in [2.24, 2.45) is 0 Å². The molecular formula is C10H21NO4Si. The van der Waals surface area contributed by atoms with Crippen LogP contribution in [0.15, 0.2) is 12.2 Å². The van der Waals surface area contributed by atoms with Gasteiger partial charge in [0, 0.05) is 25.8 Å². The zero-order valence-corrected chi connectivity index (χ0v) is 11.5. The van der Waals surface area contributed by atoms with Crippen molar-refractivity contribution in [3.8, 4) is 0 Å². The van der Waals surface area contributed by atoms with E-state index in [-0.39, 0.29) is 12.6 Å². The normalized spacial score (nSPS) is 11.2. The predicted octanol–water partition coefficient (Wildman–Crippen LogP) is 1.29. The Labute approximate surface area is 98.1 Å². The number of carbonyl (C=O) groups excluding carboxylic acids is 1. The number of carbonyl (C=O) groups is 1. The van der Waals surface area contributed by atoms with Gasteiger partial charge in [-0.05, 0) is 6.92 Å². The highest BCUT2D eigenvalue weighted by Crippen LogP contribution is 2.14. The van der Waals surface area contributed by atoms with Crippen molar-refractivity contribution >= 4 is 14.7 Å². The van der Waals surface area contributed by atoms with Gasteiger partial charge in [0.25, 0.3) is 0 Å². The van der Waals surface area contributed by atoms with Crippen molar-refractivity contribution in [2.45, 2.75) is 26.3 Å². The van der Waals surface area contributed by atoms with Gasteiger partial charge in [-0.3, -0.25) is 4.79 Å². The largest absolute Gasteiger partial charge is 0.501 e. The predicted molar refractivity (Wildman–Crippen MR) is 63.8 cm³/mol. The topological polar surface area (TPSA) is 56.8 Å². The van der Waals surface area contributed by atoms with Crippen LogP contribution in [0, 0.1) is 0 Å². The first kappa shape index (κ1) is 15.3. The van der Waals surface area contributed by atoms with Crippen LogP contribution < -0.4 is 5.32 Å². The monoisotopic (exact) mass is 247 g/mol. The van der Waals surface area contributed by atoms with Crippen LogP contribution in [0.5, 0.6) is 0 Å². The van der Waals surface area contributed by atoms with Gasteiger partial charge in [0.2, 0.25) is 5.91 Å². The van der Waals surface area contributed by atoms with Crippen molar-refractivity contribution < 1.29 is 18.1 Å². The molecule has 6 heteroatoms. The molecule has 0 aromatic rings. The fourth-order valence-corrected chi connectivity index (χ4v) is 3.01. The third-order valence-electron chi connectivity index (χ3n) is 2.09. The molecule has 94 valence electrons. The lowest BCUT2D eigenvalue weighted by Crippen LogP contribution is -2.46. The second kappa shape index (κ2) is 7.56. The Hall–Kier alpha value is -0.693. The highest BCUT2D eigenvalue weighted by molar-refractivity contribution is 6.60. The molecule has 0 bridgehead atoms. The molecular weight excluding hydrogens is 226 g/mol. The standard InChI is InChI=1S/C10H21NO4Si/c1-6-7-16(13-4,14-5)15-8-11-10(12)9(2)3/h2,6-8H2,1,3-5H3,(H,11,12). The van der Waals surface area contributed by atoms with Gasteiger partial charge in [-0.2, -0.15) is 0 Å². The lowest BCUT2D eigenvalue weighted by atomic mass is 10.3. The Kier molecular flexibility index (Phi) is 7.23. The summed E-state index contributed by atoms with van der Waals surface area (Å²) < 4.78 is 16.1. The quantitative estimate of drug-likeness (QED) is 0.399. The van der Waals surface area contributed by atoms with Gasteiger partial charge in [-0.1, -0.05) is 19.9 Å². The molecule has 0 radical (unpaired) electrons. The van der Waals surface area contributed by atoms with Gasteiger partial charge in [-0.25, -0.2) is 0 Å². The summed E-state index contributed by atoms with van der Waals surface area (Å²) in [6.07, 6.45) is 0.905. The van der Waals surface area contributed by atoms with Gasteiger partial charge in [-0.15, -0.1) is 0 Å². The molecule has 0 fully saturated rings. The van der Waals surface area contributed by atoms with Crippen LogP contribution in [-0.2, 0) is 18.1 Å². The minimum atomic E-state index is -2.59. The molecule has 0 rings (SSSR count). The average molecular weight is 247 g/mol. The molecule has 0 spiro atoms. The Morgan fingerprint density at radius 2 is 1.94 bits per heavy atom. The van der Waals surface area contributed by atoms with E-state index in [1.807, 2.05) is 6.92 Å². The minimum Gasteiger partial charge on any atom is -0.377 e. The van der Waals surface area contributed by atoms with Gasteiger partial charge >= 0.3 is 8.80 Å². The average Bonchev–Trinajstić information content (AvgIpc) is 2.27. The van der Waals surface area contributed by atoms with Gasteiger partial charge in [0.05, 0.1) is 0 Å². The van der Waals surface area contributed by atoms with E-state index in [1.54, 1.807) is 21.1 Å². The summed E-state index contributed by atoms with van der Waals surface area (Å²) in [5.74, 6) is -0.230. The lowest BCUT2D eigenvalue weighted by molar-refractivity contribution is -0.118. The van der Waals surface area contributed by atoms with Crippen LogP contribution in [0.4, 0.5) is 0 Å². The first-order valence-corrected chi connectivity index (χ1v) is 7.12. The number of nitrogens with one attached hydrogen (secondary N) is 1. The number of amides is 1. The summed E-state index contributed by atoms with van der Waals surface area (Å²) in [6, 6.07) is 0.725. The zero-order chi connectivity index (χ0) is 12.6. The van der Waals surface area contributed by atoms with Crippen LogP contribution in [0.3, 0.4) is 0 Å². The summed E-state index contributed by atoms with van der Waals surface area (Å²) in [5, 5.41) is 2.58. The Morgan fingerprint density at radius 1 is 1.38 bits per heavy atom. The Morgan fingerprint density at radius 3 is 2.31 bits per heavy atom. The van der Waals surface area contributed by atoms with Crippen LogP contribution in [0.1, 0.15) is 20.3 Å². The summed E-state index contributed by atoms with van der Waals surface area (Å²) in [4.78, 5) is 11.2. The third-order valence-corrected chi connectivity index (χ3v) is 5.03. The first-order chi connectivity index (χ1) is 7.51. The van der Waals surface area contributed by atoms with Crippen molar-refractivity contribution in [3.05, 3.63) is 12.2 Å². The highest BCUT2D eigenvalue weighted by Gasteiger charge is 2.37. The molecule has 0 aliphatic rings. The van der Waals surface area contributed by atoms with Crippen LogP contribution >= 0.6 is 0 Å². The molecule has 0 aliphatic heterocycles. The number of rotatable bonds is 8. The second-order valence-corrected chi connectivity index (χ2v) is 6.39. The van der Waals surface area contributed by atoms with E-state index in [4.69, 9.17) is 13.3 Å². The van der Waals surface area contributed by atoms with E-state index in [9.17, 15) is 4.79 Å². The van der Waals surface area contributed by atoms with E-state index in [0.29, 0.717) is 5.57 Å². The lowest BCUT2D eigenvalue weighted by Gasteiger charge is -2.25. The fraction of sp³-hybridized carbons (Fsp3) is 0.700. The van der Waals surface area contributed by atoms with Crippen molar-refractivity contribution in [2.75, 3.05) is 21.0 Å². The smallest absolute Gasteiger partial charge is 0.377 e. The minimum absolute atomic E-state index is 0.0829. The van der Waals surface area contributed by atoms with Gasteiger partial charge in [0.1, 0.15) is 6.73 Å². The number of hydrogen-bond acceptors (Lipinski definition) is 4. The van der Waals surface area contributed by atoms with E-state index in [2.05, 4.69) is 11.9 Å². The molecule has 1 N–H and O–H groups in total. The van der Waals surface area contributed by atoms with Crippen LogP contribution in [-0.4, -0.2) is 35.7 Å². The molecule has 0 aliphatic carbocycles. The van der Waals surface area contributed by atoms with E-state index >= 15 is 0 Å². The summed E-state index contributed by atoms with van der Waals surface area (Å²) in [5.41, 5.74) is 0.446. The van der Waals surface area contributed by atoms with Crippen LogP contribution in [0.2, 0.25) is 6.04 Å². The zero-order valence-electron chi connectivity index (χ0n) is 10.5. The maximum absolute atomic E-state index is 11.2. The molecule has 16 heavy (non-hydrogen) atoms. The Balaban J connectivity index is 4.12. The maximum atomic E-state index is 11.2. The van der Waals surface area contributed by atoms with Crippen molar-refractivity contribution in [3.63, 3.8) is 0 Å². The molecule has 0 atom stereocenters. The summed E-state index contributed by atoms with van der Waals surface area (Å²) in [7, 11) is 0.533. The molecule has 0 unspecified atom stereocenters. The van der Waals surface area contributed by atoms with E-state index < -0.39 is 8.80 Å². The summed E-state index contributed by atoms with van der Waals surface area (Å²) in [6.45, 7) is 7.27. The van der Waals surface area contributed by atoms with Crippen LogP contribution in [0.25, 0.3) is 0 Å². The number of hydrogen-bond donors (Lipinski definition) is 1. The maximum Gasteiger partial charge on any atom is 0.501 e. The molecule has 5 nitrogen and oxygen atoms in total. The molecule has 0 saturated heterocycles. The Bertz CT molecular complexity index is 241. The van der Waals surface area contributed by atoms with E-state index in [0.717, 1.165) is 12.5 Å². The highest BCUT2D eigenvalue weighted by atomic mass is 28.4. The van der Waals surface area contributed by atoms with Gasteiger partial charge < -0.3 is 18.6 Å². The first-order valence-electron chi connectivity index (χ1n) is 5.19. The van der Waals surface area contributed by atoms with E-state index in [1.165, 1.54) is 0 Å². The SMILES string of the molecule is C=C(C)C(=O)NCO[Si](CCC)(OC)OC. The van der Waals surface area contributed by atoms with Crippen molar-refractivity contribution in [1.29, 1.82) is 0 Å². The molecule has 1 amide bonds. The molecule has 0 aromatic heterocycles. The van der Waals surface area contributed by atoms with Gasteiger partial charge in [0.15, 0.2) is 0 Å². The van der Waals surface area contributed by atoms with Crippen molar-refractivity contribution in [1.82, 2.24) is 5.32 Å². The second-order valence-electron chi connectivity index (χ2n) is 3.42. The third kappa shape index (κ3) is 4.89. The molecule has 0 aromatic carbocycles. The molecule has 0 heterocycles. The summed E-state index contributed by atoms with van der Waals surface area (Å²) >= 11 is 0.